The molecule has 27 heavy (non-hydrogen) atoms. The van der Waals surface area contributed by atoms with Gasteiger partial charge in [-0.2, -0.15) is 0 Å². The van der Waals surface area contributed by atoms with E-state index >= 15 is 0 Å². The monoisotopic (exact) mass is 392 g/mol. The highest BCUT2D eigenvalue weighted by atomic mass is 32.2. The number of rotatable bonds is 7. The normalized spacial score (nSPS) is 16.0. The van der Waals surface area contributed by atoms with Gasteiger partial charge >= 0.3 is 5.97 Å². The maximum Gasteiger partial charge on any atom is 0.337 e. The zero-order chi connectivity index (χ0) is 19.3. The van der Waals surface area contributed by atoms with Crippen LogP contribution in [-0.2, 0) is 16.6 Å². The molecule has 1 fully saturated rings. The van der Waals surface area contributed by atoms with Crippen LogP contribution in [0.4, 0.5) is 5.69 Å². The van der Waals surface area contributed by atoms with Crippen molar-refractivity contribution in [1.82, 2.24) is 4.72 Å². The SMILES string of the molecule is O=C(O)c1cc(S(=O)(=O)NC2CCCCCC2)ccc1NCc1ccco1. The lowest BCUT2D eigenvalue weighted by atomic mass is 10.1. The average Bonchev–Trinajstić information content (AvgIpc) is 3.03. The fraction of sp³-hybridized carbons (Fsp3) is 0.421. The molecule has 0 saturated heterocycles. The van der Waals surface area contributed by atoms with Gasteiger partial charge in [0.15, 0.2) is 0 Å². The highest BCUT2D eigenvalue weighted by Gasteiger charge is 2.23. The number of nitrogens with one attached hydrogen (secondary N) is 2. The summed E-state index contributed by atoms with van der Waals surface area (Å²) >= 11 is 0. The second-order valence-corrected chi connectivity index (χ2v) is 8.47. The molecule has 0 radical (unpaired) electrons. The minimum absolute atomic E-state index is 0.0345. The van der Waals surface area contributed by atoms with Crippen molar-refractivity contribution >= 4 is 21.7 Å². The van der Waals surface area contributed by atoms with Crippen LogP contribution in [-0.4, -0.2) is 25.5 Å². The Hall–Kier alpha value is -2.32. The van der Waals surface area contributed by atoms with E-state index in [0.29, 0.717) is 18.0 Å². The lowest BCUT2D eigenvalue weighted by Crippen LogP contribution is -2.34. The smallest absolute Gasteiger partial charge is 0.337 e. The Morgan fingerprint density at radius 3 is 2.52 bits per heavy atom. The molecule has 0 bridgehead atoms. The molecule has 1 aliphatic rings. The van der Waals surface area contributed by atoms with Crippen molar-refractivity contribution in [1.29, 1.82) is 0 Å². The molecule has 0 aliphatic heterocycles. The third-order valence-electron chi connectivity index (χ3n) is 4.74. The van der Waals surface area contributed by atoms with E-state index in [1.165, 1.54) is 24.5 Å². The van der Waals surface area contributed by atoms with Crippen LogP contribution in [0.1, 0.15) is 54.6 Å². The van der Waals surface area contributed by atoms with Gasteiger partial charge < -0.3 is 14.8 Å². The van der Waals surface area contributed by atoms with Crippen molar-refractivity contribution in [3.63, 3.8) is 0 Å². The molecule has 7 nitrogen and oxygen atoms in total. The highest BCUT2D eigenvalue weighted by molar-refractivity contribution is 7.89. The first-order valence-corrected chi connectivity index (χ1v) is 10.6. The maximum atomic E-state index is 12.7. The molecular formula is C19H24N2O5S. The van der Waals surface area contributed by atoms with E-state index in [-0.39, 0.29) is 16.5 Å². The van der Waals surface area contributed by atoms with E-state index in [1.54, 1.807) is 12.1 Å². The van der Waals surface area contributed by atoms with Gasteiger partial charge in [0.2, 0.25) is 10.0 Å². The molecule has 0 atom stereocenters. The molecule has 3 rings (SSSR count). The molecule has 1 aliphatic carbocycles. The highest BCUT2D eigenvalue weighted by Crippen LogP contribution is 2.24. The summed E-state index contributed by atoms with van der Waals surface area (Å²) in [7, 11) is -3.77. The number of anilines is 1. The summed E-state index contributed by atoms with van der Waals surface area (Å²) < 4.78 is 33.4. The molecule has 2 aromatic rings. The number of carboxylic acid groups (broad SMARTS) is 1. The topological polar surface area (TPSA) is 109 Å². The molecule has 0 amide bonds. The van der Waals surface area contributed by atoms with E-state index < -0.39 is 16.0 Å². The van der Waals surface area contributed by atoms with Crippen molar-refractivity contribution in [2.45, 2.75) is 56.0 Å². The number of hydrogen-bond acceptors (Lipinski definition) is 5. The van der Waals surface area contributed by atoms with Gasteiger partial charge in [0.25, 0.3) is 0 Å². The van der Waals surface area contributed by atoms with Crippen LogP contribution in [0.5, 0.6) is 0 Å². The predicted octanol–water partition coefficient (Wildman–Crippen LogP) is 3.59. The standard InChI is InChI=1S/C19H24N2O5S/c22-19(23)17-12-16(9-10-18(17)20-13-15-8-5-11-26-15)27(24,25)21-14-6-3-1-2-4-7-14/h5,8-12,14,20-21H,1-4,6-7,13H2,(H,22,23). The number of carboxylic acids is 1. The number of aromatic carboxylic acids is 1. The van der Waals surface area contributed by atoms with Crippen LogP contribution >= 0.6 is 0 Å². The lowest BCUT2D eigenvalue weighted by molar-refractivity contribution is 0.0697. The Morgan fingerprint density at radius 2 is 1.89 bits per heavy atom. The number of carbonyl (C=O) groups is 1. The second-order valence-electron chi connectivity index (χ2n) is 6.76. The fourth-order valence-electron chi connectivity index (χ4n) is 3.30. The molecule has 1 aromatic heterocycles. The Kier molecular flexibility index (Phi) is 6.18. The van der Waals surface area contributed by atoms with Crippen molar-refractivity contribution in [3.05, 3.63) is 47.9 Å². The summed E-state index contributed by atoms with van der Waals surface area (Å²) in [6.07, 6.45) is 7.41. The van der Waals surface area contributed by atoms with Crippen LogP contribution in [0.2, 0.25) is 0 Å². The molecule has 1 aromatic carbocycles. The molecule has 3 N–H and O–H groups in total. The number of benzene rings is 1. The maximum absolute atomic E-state index is 12.7. The van der Waals surface area contributed by atoms with E-state index in [2.05, 4.69) is 10.0 Å². The summed E-state index contributed by atoms with van der Waals surface area (Å²) in [5.74, 6) is -0.540. The fourth-order valence-corrected chi connectivity index (χ4v) is 4.63. The molecule has 0 spiro atoms. The first kappa shape index (κ1) is 19.4. The van der Waals surface area contributed by atoms with Gasteiger partial charge in [0.1, 0.15) is 5.76 Å². The Bertz CT molecular complexity index is 870. The van der Waals surface area contributed by atoms with E-state index in [1.807, 2.05) is 0 Å². The first-order valence-electron chi connectivity index (χ1n) is 9.11. The summed E-state index contributed by atoms with van der Waals surface area (Å²) in [4.78, 5) is 11.6. The minimum atomic E-state index is -3.77. The Morgan fingerprint density at radius 1 is 1.15 bits per heavy atom. The van der Waals surface area contributed by atoms with E-state index in [0.717, 1.165) is 38.5 Å². The van der Waals surface area contributed by atoms with Gasteiger partial charge in [-0.25, -0.2) is 17.9 Å². The zero-order valence-corrected chi connectivity index (χ0v) is 15.8. The van der Waals surface area contributed by atoms with E-state index in [4.69, 9.17) is 4.42 Å². The van der Waals surface area contributed by atoms with Crippen LogP contribution in [0, 0.1) is 0 Å². The number of furan rings is 1. The van der Waals surface area contributed by atoms with Crippen LogP contribution in [0.3, 0.4) is 0 Å². The summed E-state index contributed by atoms with van der Waals surface area (Å²) in [6, 6.07) is 7.52. The summed E-state index contributed by atoms with van der Waals surface area (Å²) in [5, 5.41) is 12.5. The lowest BCUT2D eigenvalue weighted by Gasteiger charge is -2.17. The molecule has 1 saturated carbocycles. The van der Waals surface area contributed by atoms with Crippen LogP contribution in [0.15, 0.2) is 45.9 Å². The van der Waals surface area contributed by atoms with Crippen LogP contribution in [0.25, 0.3) is 0 Å². The first-order chi connectivity index (χ1) is 13.0. The van der Waals surface area contributed by atoms with E-state index in [9.17, 15) is 18.3 Å². The van der Waals surface area contributed by atoms with Crippen molar-refractivity contribution < 1.29 is 22.7 Å². The summed E-state index contributed by atoms with van der Waals surface area (Å²) in [6.45, 7) is 0.305. The summed E-state index contributed by atoms with van der Waals surface area (Å²) in [5.41, 5.74) is 0.248. The van der Waals surface area contributed by atoms with Crippen molar-refractivity contribution in [2.24, 2.45) is 0 Å². The Balaban J connectivity index is 1.78. The van der Waals surface area contributed by atoms with Gasteiger partial charge in [-0.3, -0.25) is 0 Å². The van der Waals surface area contributed by atoms with Gasteiger partial charge in [-0.15, -0.1) is 0 Å². The van der Waals surface area contributed by atoms with Crippen molar-refractivity contribution in [2.75, 3.05) is 5.32 Å². The largest absolute Gasteiger partial charge is 0.478 e. The number of hydrogen-bond donors (Lipinski definition) is 3. The average molecular weight is 392 g/mol. The van der Waals surface area contributed by atoms with Crippen LogP contribution < -0.4 is 10.0 Å². The minimum Gasteiger partial charge on any atom is -0.478 e. The molecule has 146 valence electrons. The number of sulfonamides is 1. The third kappa shape index (κ3) is 5.11. The zero-order valence-electron chi connectivity index (χ0n) is 15.0. The Labute approximate surface area is 158 Å². The quantitative estimate of drug-likeness (QED) is 0.621. The second kappa shape index (κ2) is 8.58. The molecule has 0 unspecified atom stereocenters. The molecule has 8 heteroatoms. The third-order valence-corrected chi connectivity index (χ3v) is 6.26. The van der Waals surface area contributed by atoms with Gasteiger partial charge in [0, 0.05) is 11.7 Å². The molecule has 1 heterocycles. The van der Waals surface area contributed by atoms with Gasteiger partial charge in [-0.1, -0.05) is 25.7 Å². The predicted molar refractivity (Wildman–Crippen MR) is 101 cm³/mol. The molecular weight excluding hydrogens is 368 g/mol. The van der Waals surface area contributed by atoms with Crippen molar-refractivity contribution in [3.8, 4) is 0 Å². The van der Waals surface area contributed by atoms with Gasteiger partial charge in [0.05, 0.1) is 23.3 Å². The van der Waals surface area contributed by atoms with Gasteiger partial charge in [-0.05, 0) is 43.2 Å².